The number of carbonyl (C=O) groups is 1. The van der Waals surface area contributed by atoms with Crippen LogP contribution in [-0.4, -0.2) is 29.8 Å². The summed E-state index contributed by atoms with van der Waals surface area (Å²) in [6.07, 6.45) is 1.76. The van der Waals surface area contributed by atoms with Gasteiger partial charge in [-0.1, -0.05) is 12.1 Å². The minimum absolute atomic E-state index is 0.0325. The summed E-state index contributed by atoms with van der Waals surface area (Å²) in [6.45, 7) is 0. The lowest BCUT2D eigenvalue weighted by atomic mass is 10.2. The number of carbonyl (C=O) groups excluding carboxylic acids is 1. The zero-order chi connectivity index (χ0) is 12.9. The molecule has 0 unspecified atom stereocenters. The first-order chi connectivity index (χ1) is 8.59. The zero-order valence-electron chi connectivity index (χ0n) is 10.6. The Morgan fingerprint density at radius 1 is 1.00 bits per heavy atom. The summed E-state index contributed by atoms with van der Waals surface area (Å²) in [6, 6.07) is 7.82. The van der Waals surface area contributed by atoms with Gasteiger partial charge in [0.15, 0.2) is 5.82 Å². The lowest BCUT2D eigenvalue weighted by Gasteiger charge is -2.20. The molecular formula is C13H14N4O. The molecule has 0 N–H and O–H groups in total. The van der Waals surface area contributed by atoms with Gasteiger partial charge in [0.25, 0.3) is 5.91 Å². The van der Waals surface area contributed by atoms with Crippen molar-refractivity contribution in [3.8, 4) is 0 Å². The van der Waals surface area contributed by atoms with E-state index in [1.54, 1.807) is 22.8 Å². The van der Waals surface area contributed by atoms with Gasteiger partial charge in [-0.15, -0.1) is 0 Å². The summed E-state index contributed by atoms with van der Waals surface area (Å²) in [7, 11) is 5.54. The van der Waals surface area contributed by atoms with Crippen molar-refractivity contribution < 1.29 is 4.79 Å². The molecule has 0 saturated heterocycles. The second-order valence-corrected chi connectivity index (χ2v) is 4.45. The average Bonchev–Trinajstić information content (AvgIpc) is 2.75. The number of amides is 1. The predicted octanol–water partition coefficient (Wildman–Crippen LogP) is 1.78. The second kappa shape index (κ2) is 3.60. The maximum atomic E-state index is 12.4. The Morgan fingerprint density at radius 3 is 2.28 bits per heavy atom. The molecule has 1 aromatic carbocycles. The number of para-hydroxylation sites is 2. The van der Waals surface area contributed by atoms with Gasteiger partial charge in [-0.05, 0) is 12.1 Å². The molecule has 3 rings (SSSR count). The number of nitrogens with zero attached hydrogens (tertiary/aromatic N) is 4. The first-order valence-corrected chi connectivity index (χ1v) is 5.74. The van der Waals surface area contributed by atoms with E-state index in [4.69, 9.17) is 0 Å². The number of hydrogen-bond donors (Lipinski definition) is 0. The van der Waals surface area contributed by atoms with E-state index in [9.17, 15) is 4.79 Å². The fraction of sp³-hybridized carbons (Fsp3) is 0.231. The molecule has 5 nitrogen and oxygen atoms in total. The van der Waals surface area contributed by atoms with E-state index in [0.717, 1.165) is 11.4 Å². The topological polar surface area (TPSA) is 41.4 Å². The maximum Gasteiger partial charge on any atom is 0.263 e. The SMILES string of the molecule is CN1C(=O)c2cn(C)nc2N(C)c2ccccc21. The van der Waals surface area contributed by atoms with Crippen LogP contribution in [0.1, 0.15) is 10.4 Å². The van der Waals surface area contributed by atoms with Crippen molar-refractivity contribution in [1.29, 1.82) is 0 Å². The largest absolute Gasteiger partial charge is 0.326 e. The number of hydrogen-bond acceptors (Lipinski definition) is 3. The third-order valence-corrected chi connectivity index (χ3v) is 3.27. The minimum Gasteiger partial charge on any atom is -0.326 e. The van der Waals surface area contributed by atoms with Gasteiger partial charge in [-0.2, -0.15) is 5.10 Å². The van der Waals surface area contributed by atoms with Crippen LogP contribution in [0.2, 0.25) is 0 Å². The molecule has 1 aromatic heterocycles. The standard InChI is InChI=1S/C13H14N4O/c1-15-8-9-12(14-15)16(2)10-6-4-5-7-11(10)17(3)13(9)18/h4-8H,1-3H3. The van der Waals surface area contributed by atoms with E-state index in [1.807, 2.05) is 43.3 Å². The highest BCUT2D eigenvalue weighted by Crippen LogP contribution is 2.37. The number of aromatic nitrogens is 2. The Hall–Kier alpha value is -2.30. The van der Waals surface area contributed by atoms with Crippen LogP contribution in [0.15, 0.2) is 30.5 Å². The van der Waals surface area contributed by atoms with Crippen molar-refractivity contribution >= 4 is 23.1 Å². The molecule has 0 spiro atoms. The van der Waals surface area contributed by atoms with E-state index in [2.05, 4.69) is 5.10 Å². The molecule has 0 aliphatic carbocycles. The normalized spacial score (nSPS) is 14.3. The fourth-order valence-electron chi connectivity index (χ4n) is 2.31. The van der Waals surface area contributed by atoms with Crippen molar-refractivity contribution in [1.82, 2.24) is 9.78 Å². The number of benzene rings is 1. The predicted molar refractivity (Wildman–Crippen MR) is 70.4 cm³/mol. The molecule has 92 valence electrons. The van der Waals surface area contributed by atoms with Crippen LogP contribution in [0.25, 0.3) is 0 Å². The molecule has 5 heteroatoms. The monoisotopic (exact) mass is 242 g/mol. The van der Waals surface area contributed by atoms with Crippen LogP contribution in [0, 0.1) is 0 Å². The van der Waals surface area contributed by atoms with E-state index in [0.29, 0.717) is 11.4 Å². The number of fused-ring (bicyclic) bond motifs is 2. The first kappa shape index (κ1) is 10.8. The lowest BCUT2D eigenvalue weighted by Crippen LogP contribution is -2.25. The molecular weight excluding hydrogens is 228 g/mol. The summed E-state index contributed by atoms with van der Waals surface area (Å²) in [5.74, 6) is 0.661. The fourth-order valence-corrected chi connectivity index (χ4v) is 2.31. The van der Waals surface area contributed by atoms with Gasteiger partial charge in [-0.25, -0.2) is 0 Å². The third-order valence-electron chi connectivity index (χ3n) is 3.27. The molecule has 0 radical (unpaired) electrons. The smallest absolute Gasteiger partial charge is 0.263 e. The second-order valence-electron chi connectivity index (χ2n) is 4.45. The van der Waals surface area contributed by atoms with Crippen LogP contribution < -0.4 is 9.80 Å². The molecule has 1 amide bonds. The lowest BCUT2D eigenvalue weighted by molar-refractivity contribution is 0.0994. The van der Waals surface area contributed by atoms with E-state index in [1.165, 1.54) is 0 Å². The molecule has 2 heterocycles. The highest BCUT2D eigenvalue weighted by Gasteiger charge is 2.29. The summed E-state index contributed by atoms with van der Waals surface area (Å²) < 4.78 is 1.67. The van der Waals surface area contributed by atoms with Gasteiger partial charge in [0, 0.05) is 27.3 Å². The molecule has 0 atom stereocenters. The summed E-state index contributed by atoms with van der Waals surface area (Å²) in [5, 5.41) is 4.37. The maximum absolute atomic E-state index is 12.4. The van der Waals surface area contributed by atoms with Gasteiger partial charge in [0.1, 0.15) is 5.56 Å². The zero-order valence-corrected chi connectivity index (χ0v) is 10.6. The Balaban J connectivity index is 2.30. The van der Waals surface area contributed by atoms with Crippen LogP contribution >= 0.6 is 0 Å². The number of aryl methyl sites for hydroxylation is 1. The van der Waals surface area contributed by atoms with Crippen molar-refractivity contribution in [2.24, 2.45) is 7.05 Å². The van der Waals surface area contributed by atoms with Gasteiger partial charge < -0.3 is 9.80 Å². The summed E-state index contributed by atoms with van der Waals surface area (Å²) in [5.41, 5.74) is 2.50. The van der Waals surface area contributed by atoms with E-state index < -0.39 is 0 Å². The van der Waals surface area contributed by atoms with Crippen molar-refractivity contribution in [2.75, 3.05) is 23.9 Å². The quantitative estimate of drug-likeness (QED) is 0.707. The van der Waals surface area contributed by atoms with Gasteiger partial charge in [-0.3, -0.25) is 9.48 Å². The molecule has 2 aromatic rings. The minimum atomic E-state index is -0.0325. The molecule has 0 bridgehead atoms. The van der Waals surface area contributed by atoms with E-state index >= 15 is 0 Å². The molecule has 0 fully saturated rings. The number of anilines is 3. The first-order valence-electron chi connectivity index (χ1n) is 5.74. The van der Waals surface area contributed by atoms with E-state index in [-0.39, 0.29) is 5.91 Å². The van der Waals surface area contributed by atoms with Crippen LogP contribution in [-0.2, 0) is 7.05 Å². The van der Waals surface area contributed by atoms with Crippen LogP contribution in [0.4, 0.5) is 17.2 Å². The van der Waals surface area contributed by atoms with Gasteiger partial charge in [0.05, 0.1) is 11.4 Å². The van der Waals surface area contributed by atoms with Gasteiger partial charge in [0.2, 0.25) is 0 Å². The van der Waals surface area contributed by atoms with Gasteiger partial charge >= 0.3 is 0 Å². The molecule has 0 saturated carbocycles. The average molecular weight is 242 g/mol. The summed E-state index contributed by atoms with van der Waals surface area (Å²) in [4.78, 5) is 16.0. The van der Waals surface area contributed by atoms with Crippen LogP contribution in [0.3, 0.4) is 0 Å². The number of rotatable bonds is 0. The highest BCUT2D eigenvalue weighted by atomic mass is 16.2. The van der Waals surface area contributed by atoms with Crippen molar-refractivity contribution in [2.45, 2.75) is 0 Å². The van der Waals surface area contributed by atoms with Crippen LogP contribution in [0.5, 0.6) is 0 Å². The summed E-state index contributed by atoms with van der Waals surface area (Å²) >= 11 is 0. The molecule has 1 aliphatic heterocycles. The Kier molecular flexibility index (Phi) is 2.16. The third kappa shape index (κ3) is 1.33. The molecule has 1 aliphatic rings. The Labute approximate surface area is 105 Å². The highest BCUT2D eigenvalue weighted by molar-refractivity contribution is 6.12. The Bertz CT molecular complexity index is 632. The molecule has 18 heavy (non-hydrogen) atoms. The van der Waals surface area contributed by atoms with Crippen molar-refractivity contribution in [3.05, 3.63) is 36.0 Å². The van der Waals surface area contributed by atoms with Crippen molar-refractivity contribution in [3.63, 3.8) is 0 Å². The Morgan fingerprint density at radius 2 is 1.61 bits per heavy atom.